The first kappa shape index (κ1) is 16.9. The van der Waals surface area contributed by atoms with Crippen LogP contribution < -0.4 is 5.32 Å². The topological polar surface area (TPSA) is 103 Å². The second-order valence-corrected chi connectivity index (χ2v) is 4.88. The number of aliphatic hydroxyl groups is 1. The molecule has 116 valence electrons. The number of aromatic nitrogens is 1. The van der Waals surface area contributed by atoms with Gasteiger partial charge in [0.15, 0.2) is 0 Å². The van der Waals surface area contributed by atoms with Crippen molar-refractivity contribution in [3.63, 3.8) is 0 Å². The lowest BCUT2D eigenvalue weighted by atomic mass is 10.2. The molecule has 0 aliphatic heterocycles. The Balaban J connectivity index is 2.55. The zero-order valence-electron chi connectivity index (χ0n) is 12.2. The van der Waals surface area contributed by atoms with E-state index < -0.39 is 5.97 Å². The molecular weight excluding hydrogens is 274 g/mol. The lowest BCUT2D eigenvalue weighted by molar-refractivity contribution is 0.0690. The van der Waals surface area contributed by atoms with Gasteiger partial charge in [-0.3, -0.25) is 0 Å². The van der Waals surface area contributed by atoms with Crippen LogP contribution in [0.3, 0.4) is 0 Å². The summed E-state index contributed by atoms with van der Waals surface area (Å²) in [5.74, 6) is -1.08. The molecule has 0 fully saturated rings. The lowest BCUT2D eigenvalue weighted by Crippen LogP contribution is -2.44. The van der Waals surface area contributed by atoms with E-state index in [1.54, 1.807) is 11.0 Å². The number of carboxylic acids is 1. The van der Waals surface area contributed by atoms with E-state index in [1.165, 1.54) is 12.3 Å². The SMILES string of the molecule is CC(C)N(CCCO)C(=O)NCc1ccc(C(=O)O)nc1. The average Bonchev–Trinajstić information content (AvgIpc) is 2.45. The van der Waals surface area contributed by atoms with Gasteiger partial charge >= 0.3 is 12.0 Å². The first-order chi connectivity index (χ1) is 9.95. The highest BCUT2D eigenvalue weighted by Gasteiger charge is 2.15. The molecular formula is C14H21N3O4. The van der Waals surface area contributed by atoms with Crippen molar-refractivity contribution in [2.75, 3.05) is 13.2 Å². The summed E-state index contributed by atoms with van der Waals surface area (Å²) in [4.78, 5) is 28.2. The number of hydrogen-bond donors (Lipinski definition) is 3. The quantitative estimate of drug-likeness (QED) is 0.698. The van der Waals surface area contributed by atoms with Crippen LogP contribution in [0.15, 0.2) is 18.3 Å². The standard InChI is InChI=1S/C14H21N3O4/c1-10(2)17(6-3-7-18)14(21)16-9-11-4-5-12(13(19)20)15-8-11/h4-5,8,10,18H,3,6-7,9H2,1-2H3,(H,16,21)(H,19,20). The van der Waals surface area contributed by atoms with Crippen LogP contribution in [0.4, 0.5) is 4.79 Å². The van der Waals surface area contributed by atoms with E-state index in [4.69, 9.17) is 10.2 Å². The second-order valence-electron chi connectivity index (χ2n) is 4.88. The van der Waals surface area contributed by atoms with Gasteiger partial charge in [-0.2, -0.15) is 0 Å². The van der Waals surface area contributed by atoms with Crippen molar-refractivity contribution in [3.05, 3.63) is 29.6 Å². The van der Waals surface area contributed by atoms with E-state index in [-0.39, 0.29) is 30.9 Å². The molecule has 0 aliphatic carbocycles. The number of carbonyl (C=O) groups excluding carboxylic acids is 1. The Morgan fingerprint density at radius 3 is 2.57 bits per heavy atom. The van der Waals surface area contributed by atoms with Crippen molar-refractivity contribution in [1.82, 2.24) is 15.2 Å². The van der Waals surface area contributed by atoms with Gasteiger partial charge in [0.25, 0.3) is 0 Å². The molecule has 0 aliphatic rings. The highest BCUT2D eigenvalue weighted by molar-refractivity contribution is 5.85. The van der Waals surface area contributed by atoms with Gasteiger partial charge in [0.1, 0.15) is 5.69 Å². The number of carboxylic acid groups (broad SMARTS) is 1. The van der Waals surface area contributed by atoms with Crippen LogP contribution in [0.1, 0.15) is 36.3 Å². The van der Waals surface area contributed by atoms with Crippen molar-refractivity contribution in [3.8, 4) is 0 Å². The number of rotatable bonds is 7. The van der Waals surface area contributed by atoms with Gasteiger partial charge in [0, 0.05) is 31.9 Å². The molecule has 1 aromatic rings. The van der Waals surface area contributed by atoms with Crippen molar-refractivity contribution in [2.24, 2.45) is 0 Å². The maximum Gasteiger partial charge on any atom is 0.354 e. The average molecular weight is 295 g/mol. The number of aromatic carboxylic acids is 1. The van der Waals surface area contributed by atoms with Gasteiger partial charge < -0.3 is 20.4 Å². The lowest BCUT2D eigenvalue weighted by Gasteiger charge is -2.26. The van der Waals surface area contributed by atoms with Gasteiger partial charge in [-0.25, -0.2) is 14.6 Å². The van der Waals surface area contributed by atoms with Crippen molar-refractivity contribution in [2.45, 2.75) is 32.9 Å². The van der Waals surface area contributed by atoms with E-state index in [0.29, 0.717) is 13.0 Å². The summed E-state index contributed by atoms with van der Waals surface area (Å²) >= 11 is 0. The molecule has 7 heteroatoms. The number of hydrogen-bond acceptors (Lipinski definition) is 4. The molecule has 0 radical (unpaired) electrons. The molecule has 0 unspecified atom stereocenters. The third-order valence-electron chi connectivity index (χ3n) is 2.93. The van der Waals surface area contributed by atoms with Crippen LogP contribution >= 0.6 is 0 Å². The Labute approximate surface area is 123 Å². The third-order valence-corrected chi connectivity index (χ3v) is 2.93. The minimum absolute atomic E-state index is 0.0307. The Bertz CT molecular complexity index is 474. The van der Waals surface area contributed by atoms with Crippen LogP contribution in [0.5, 0.6) is 0 Å². The number of aliphatic hydroxyl groups excluding tert-OH is 1. The number of amides is 2. The van der Waals surface area contributed by atoms with Gasteiger partial charge in [-0.1, -0.05) is 6.07 Å². The Kier molecular flexibility index (Phi) is 6.61. The molecule has 3 N–H and O–H groups in total. The minimum atomic E-state index is -1.08. The summed E-state index contributed by atoms with van der Waals surface area (Å²) in [5, 5.41) is 20.3. The largest absolute Gasteiger partial charge is 0.477 e. The highest BCUT2D eigenvalue weighted by atomic mass is 16.4. The van der Waals surface area contributed by atoms with E-state index in [1.807, 2.05) is 13.8 Å². The first-order valence-corrected chi connectivity index (χ1v) is 6.79. The van der Waals surface area contributed by atoms with Gasteiger partial charge in [0.2, 0.25) is 0 Å². The van der Waals surface area contributed by atoms with E-state index in [9.17, 15) is 9.59 Å². The number of urea groups is 1. The molecule has 1 rings (SSSR count). The van der Waals surface area contributed by atoms with Crippen LogP contribution in [0.25, 0.3) is 0 Å². The molecule has 1 heterocycles. The van der Waals surface area contributed by atoms with E-state index in [0.717, 1.165) is 5.56 Å². The maximum absolute atomic E-state index is 12.1. The van der Waals surface area contributed by atoms with Gasteiger partial charge in [-0.15, -0.1) is 0 Å². The Hall–Kier alpha value is -2.15. The summed E-state index contributed by atoms with van der Waals surface area (Å²) in [6, 6.07) is 2.82. The molecule has 0 atom stereocenters. The van der Waals surface area contributed by atoms with Crippen LogP contribution in [0.2, 0.25) is 0 Å². The molecule has 1 aromatic heterocycles. The van der Waals surface area contributed by atoms with Crippen LogP contribution in [-0.2, 0) is 6.54 Å². The number of nitrogens with zero attached hydrogens (tertiary/aromatic N) is 2. The normalized spacial score (nSPS) is 10.5. The van der Waals surface area contributed by atoms with E-state index in [2.05, 4.69) is 10.3 Å². The number of pyridine rings is 1. The second kappa shape index (κ2) is 8.21. The summed E-state index contributed by atoms with van der Waals surface area (Å²) < 4.78 is 0. The highest BCUT2D eigenvalue weighted by Crippen LogP contribution is 2.03. The molecule has 0 saturated heterocycles. The van der Waals surface area contributed by atoms with Gasteiger partial charge in [0.05, 0.1) is 0 Å². The minimum Gasteiger partial charge on any atom is -0.477 e. The molecule has 21 heavy (non-hydrogen) atoms. The predicted molar refractivity (Wildman–Crippen MR) is 77.0 cm³/mol. The van der Waals surface area contributed by atoms with Crippen LogP contribution in [0, 0.1) is 0 Å². The molecule has 0 bridgehead atoms. The van der Waals surface area contributed by atoms with Crippen molar-refractivity contribution < 1.29 is 19.8 Å². The fourth-order valence-corrected chi connectivity index (χ4v) is 1.77. The first-order valence-electron chi connectivity index (χ1n) is 6.79. The van der Waals surface area contributed by atoms with Crippen molar-refractivity contribution in [1.29, 1.82) is 0 Å². The summed E-state index contributed by atoms with van der Waals surface area (Å²) in [7, 11) is 0. The predicted octanol–water partition coefficient (Wildman–Crippen LogP) is 1.08. The number of carbonyl (C=O) groups is 2. The zero-order chi connectivity index (χ0) is 15.8. The van der Waals surface area contributed by atoms with Crippen LogP contribution in [-0.4, -0.2) is 51.3 Å². The maximum atomic E-state index is 12.1. The molecule has 0 aromatic carbocycles. The molecule has 2 amide bonds. The smallest absolute Gasteiger partial charge is 0.354 e. The monoisotopic (exact) mass is 295 g/mol. The molecule has 0 saturated carbocycles. The zero-order valence-corrected chi connectivity index (χ0v) is 12.2. The third kappa shape index (κ3) is 5.39. The van der Waals surface area contributed by atoms with Gasteiger partial charge in [-0.05, 0) is 31.9 Å². The summed E-state index contributed by atoms with van der Waals surface area (Å²) in [5.41, 5.74) is 0.691. The molecule has 0 spiro atoms. The summed E-state index contributed by atoms with van der Waals surface area (Å²) in [6.07, 6.45) is 1.96. The summed E-state index contributed by atoms with van der Waals surface area (Å²) in [6.45, 7) is 4.60. The Morgan fingerprint density at radius 2 is 2.10 bits per heavy atom. The van der Waals surface area contributed by atoms with E-state index >= 15 is 0 Å². The molecule has 7 nitrogen and oxygen atoms in total. The fourth-order valence-electron chi connectivity index (χ4n) is 1.77. The Morgan fingerprint density at radius 1 is 1.38 bits per heavy atom. The van der Waals surface area contributed by atoms with Crippen molar-refractivity contribution >= 4 is 12.0 Å². The number of nitrogens with one attached hydrogen (secondary N) is 1. The fraction of sp³-hybridized carbons (Fsp3) is 0.500.